The van der Waals surface area contributed by atoms with Crippen LogP contribution >= 0.6 is 7.82 Å². The van der Waals surface area contributed by atoms with E-state index in [1.54, 1.807) is 0 Å². The summed E-state index contributed by atoms with van der Waals surface area (Å²) >= 11 is 0. The van der Waals surface area contributed by atoms with Gasteiger partial charge in [-0.25, -0.2) is 0 Å². The van der Waals surface area contributed by atoms with Crippen LogP contribution in [0.3, 0.4) is 0 Å². The Balaban J connectivity index is 3.88. The van der Waals surface area contributed by atoms with Crippen LogP contribution in [0.1, 0.15) is 239 Å². The summed E-state index contributed by atoms with van der Waals surface area (Å²) in [7, 11) is 1.17. The average Bonchev–Trinajstić information content (AvgIpc) is 3.24. The molecule has 0 N–H and O–H groups in total. The number of ether oxygens (including phenoxy) is 2. The number of carbonyl (C=O) groups is 2. The minimum Gasteiger partial charge on any atom is -0.756 e. The number of unbranched alkanes of at least 4 members (excludes halogenated alkanes) is 28. The number of phosphoric ester groups is 1. The molecule has 9 nitrogen and oxygen atoms in total. The Morgan fingerprint density at radius 3 is 1.27 bits per heavy atom. The van der Waals surface area contributed by atoms with Crippen LogP contribution in [-0.4, -0.2) is 70.0 Å². The fourth-order valence-corrected chi connectivity index (χ4v) is 8.04. The Morgan fingerprint density at radius 1 is 0.492 bits per heavy atom. The van der Waals surface area contributed by atoms with Gasteiger partial charge in [0.15, 0.2) is 6.10 Å². The van der Waals surface area contributed by atoms with Gasteiger partial charge in [0.2, 0.25) is 0 Å². The van der Waals surface area contributed by atoms with Gasteiger partial charge in [0.25, 0.3) is 7.82 Å². The highest BCUT2D eigenvalue weighted by atomic mass is 31.2. The second kappa shape index (κ2) is 45.4. The highest BCUT2D eigenvalue weighted by Crippen LogP contribution is 2.38. The van der Waals surface area contributed by atoms with Crippen molar-refractivity contribution in [2.75, 3.05) is 47.5 Å². The van der Waals surface area contributed by atoms with Crippen molar-refractivity contribution in [3.8, 4) is 0 Å². The van der Waals surface area contributed by atoms with Crippen molar-refractivity contribution < 1.29 is 42.1 Å². The first-order valence-corrected chi connectivity index (χ1v) is 27.7. The molecule has 0 aromatic carbocycles. The quantitative estimate of drug-likeness (QED) is 0.0195. The lowest BCUT2D eigenvalue weighted by Gasteiger charge is -2.28. The number of esters is 2. The number of hydrogen-bond acceptors (Lipinski definition) is 8. The van der Waals surface area contributed by atoms with Crippen LogP contribution in [0.2, 0.25) is 0 Å². The standard InChI is InChI=1S/C53H100NO8P/c1-6-8-10-12-14-15-16-17-18-19-20-21-22-23-24-25-26-27-28-29-30-31-32-33-34-35-36-37-38-39-40-42-44-46-53(56)62-51(49-59-52(55)45-43-41-13-11-9-7-2)50-61-63(57,58)60-48-47-54(3,4)5/h16-17,19-20,22-23,51H,6-15,18,21,24-50H2,1-5H3/b17-16-,20-19-,23-22-. The molecule has 0 saturated carbocycles. The molecular formula is C53H100NO8P. The lowest BCUT2D eigenvalue weighted by atomic mass is 10.0. The van der Waals surface area contributed by atoms with Crippen LogP contribution in [0.4, 0.5) is 0 Å². The van der Waals surface area contributed by atoms with Gasteiger partial charge in [0.05, 0.1) is 27.7 Å². The SMILES string of the molecule is CCCCCCC/C=C\C/C=C\C/C=C\CCCCCCCCCCCCCCCCCCCCC(=O)OC(COC(=O)CCCCCCCC)COP(=O)([O-])OCC[N+](C)(C)C. The Bertz CT molecular complexity index is 1170. The highest BCUT2D eigenvalue weighted by molar-refractivity contribution is 7.45. The zero-order valence-corrected chi connectivity index (χ0v) is 42.7. The Labute approximate surface area is 389 Å². The predicted molar refractivity (Wildman–Crippen MR) is 264 cm³/mol. The molecule has 0 aliphatic carbocycles. The number of hydrogen-bond donors (Lipinski definition) is 0. The molecule has 0 aliphatic rings. The van der Waals surface area contributed by atoms with Crippen LogP contribution in [0.5, 0.6) is 0 Å². The van der Waals surface area contributed by atoms with Gasteiger partial charge in [-0.3, -0.25) is 14.2 Å². The second-order valence-corrected chi connectivity index (χ2v) is 20.3. The van der Waals surface area contributed by atoms with Gasteiger partial charge in [-0.15, -0.1) is 0 Å². The van der Waals surface area contributed by atoms with Gasteiger partial charge >= 0.3 is 11.9 Å². The third kappa shape index (κ3) is 49.5. The van der Waals surface area contributed by atoms with Gasteiger partial charge in [-0.2, -0.15) is 0 Å². The number of carbonyl (C=O) groups excluding carboxylic acids is 2. The molecule has 0 aromatic heterocycles. The Morgan fingerprint density at radius 2 is 0.857 bits per heavy atom. The fourth-order valence-electron chi connectivity index (χ4n) is 7.31. The van der Waals surface area contributed by atoms with Crippen LogP contribution in [-0.2, 0) is 32.7 Å². The molecule has 63 heavy (non-hydrogen) atoms. The monoisotopic (exact) mass is 910 g/mol. The predicted octanol–water partition coefficient (Wildman–Crippen LogP) is 15.0. The number of allylic oxidation sites excluding steroid dienone is 6. The minimum atomic E-state index is -4.62. The molecule has 370 valence electrons. The molecule has 0 radical (unpaired) electrons. The molecule has 10 heteroatoms. The van der Waals surface area contributed by atoms with Crippen LogP contribution in [0, 0.1) is 0 Å². The first-order chi connectivity index (χ1) is 30.5. The maximum absolute atomic E-state index is 12.7. The minimum absolute atomic E-state index is 0.0290. The number of nitrogens with zero attached hydrogens (tertiary/aromatic N) is 1. The summed E-state index contributed by atoms with van der Waals surface area (Å²) in [5.74, 6) is -0.836. The third-order valence-electron chi connectivity index (χ3n) is 11.4. The van der Waals surface area contributed by atoms with Crippen molar-refractivity contribution in [1.29, 1.82) is 0 Å². The van der Waals surface area contributed by atoms with E-state index < -0.39 is 26.5 Å². The van der Waals surface area contributed by atoms with Gasteiger partial charge in [0, 0.05) is 12.8 Å². The number of likely N-dealkylation sites (N-methyl/N-ethyl adjacent to an activating group) is 1. The molecule has 2 atom stereocenters. The molecule has 0 amide bonds. The zero-order valence-electron chi connectivity index (χ0n) is 41.8. The van der Waals surface area contributed by atoms with Crippen molar-refractivity contribution in [1.82, 2.24) is 0 Å². The molecule has 2 unspecified atom stereocenters. The van der Waals surface area contributed by atoms with Crippen LogP contribution < -0.4 is 4.89 Å². The maximum atomic E-state index is 12.7. The van der Waals surface area contributed by atoms with E-state index in [9.17, 15) is 19.0 Å². The number of quaternary nitrogens is 1. The van der Waals surface area contributed by atoms with Crippen molar-refractivity contribution in [2.45, 2.75) is 245 Å². The fraction of sp³-hybridized carbons (Fsp3) is 0.849. The summed E-state index contributed by atoms with van der Waals surface area (Å²) in [6, 6.07) is 0. The average molecular weight is 910 g/mol. The molecular weight excluding hydrogens is 810 g/mol. The second-order valence-electron chi connectivity index (χ2n) is 18.9. The van der Waals surface area contributed by atoms with E-state index in [-0.39, 0.29) is 32.0 Å². The lowest BCUT2D eigenvalue weighted by molar-refractivity contribution is -0.870. The summed E-state index contributed by atoms with van der Waals surface area (Å²) in [6.45, 7) is 4.16. The molecule has 0 heterocycles. The molecule has 0 fully saturated rings. The van der Waals surface area contributed by atoms with E-state index in [0.29, 0.717) is 17.4 Å². The zero-order chi connectivity index (χ0) is 46.4. The Hall–Kier alpha value is -1.77. The van der Waals surface area contributed by atoms with Gasteiger partial charge in [-0.05, 0) is 51.4 Å². The van der Waals surface area contributed by atoms with Gasteiger partial charge < -0.3 is 27.9 Å². The summed E-state index contributed by atoms with van der Waals surface area (Å²) in [5.41, 5.74) is 0. The van der Waals surface area contributed by atoms with Crippen molar-refractivity contribution in [2.24, 2.45) is 0 Å². The summed E-state index contributed by atoms with van der Waals surface area (Å²) < 4.78 is 33.8. The van der Waals surface area contributed by atoms with Gasteiger partial charge in [-0.1, -0.05) is 211 Å². The van der Waals surface area contributed by atoms with Crippen LogP contribution in [0.25, 0.3) is 0 Å². The topological polar surface area (TPSA) is 111 Å². The number of rotatable bonds is 48. The van der Waals surface area contributed by atoms with E-state index in [2.05, 4.69) is 50.3 Å². The van der Waals surface area contributed by atoms with Gasteiger partial charge in [0.1, 0.15) is 19.8 Å². The van der Waals surface area contributed by atoms with E-state index in [1.165, 1.54) is 154 Å². The summed E-state index contributed by atoms with van der Waals surface area (Å²) in [6.07, 6.45) is 53.8. The Kier molecular flexibility index (Phi) is 44.1. The number of phosphoric acid groups is 1. The van der Waals surface area contributed by atoms with Crippen LogP contribution in [0.15, 0.2) is 36.5 Å². The third-order valence-corrected chi connectivity index (χ3v) is 12.4. The lowest BCUT2D eigenvalue weighted by Crippen LogP contribution is -2.37. The van der Waals surface area contributed by atoms with E-state index in [4.69, 9.17) is 18.5 Å². The molecule has 0 spiro atoms. The van der Waals surface area contributed by atoms with E-state index in [1.807, 2.05) is 21.1 Å². The largest absolute Gasteiger partial charge is 0.756 e. The molecule has 0 aliphatic heterocycles. The maximum Gasteiger partial charge on any atom is 0.306 e. The molecule has 0 aromatic rings. The van der Waals surface area contributed by atoms with Crippen molar-refractivity contribution in [3.63, 3.8) is 0 Å². The summed E-state index contributed by atoms with van der Waals surface area (Å²) in [5, 5.41) is 0. The van der Waals surface area contributed by atoms with E-state index in [0.717, 1.165) is 51.4 Å². The first kappa shape index (κ1) is 61.2. The normalized spacial score (nSPS) is 13.7. The summed E-state index contributed by atoms with van der Waals surface area (Å²) in [4.78, 5) is 37.3. The van der Waals surface area contributed by atoms with E-state index >= 15 is 0 Å². The molecule has 0 saturated heterocycles. The van der Waals surface area contributed by atoms with Crippen molar-refractivity contribution >= 4 is 19.8 Å². The first-order valence-electron chi connectivity index (χ1n) is 26.2. The molecule has 0 bridgehead atoms. The highest BCUT2D eigenvalue weighted by Gasteiger charge is 2.21. The molecule has 0 rings (SSSR count). The smallest absolute Gasteiger partial charge is 0.306 e. The van der Waals surface area contributed by atoms with Crippen molar-refractivity contribution in [3.05, 3.63) is 36.5 Å².